The van der Waals surface area contributed by atoms with Gasteiger partial charge in [-0.25, -0.2) is 9.97 Å². The van der Waals surface area contributed by atoms with Gasteiger partial charge in [-0.3, -0.25) is 4.79 Å². The third-order valence-corrected chi connectivity index (χ3v) is 5.33. The highest BCUT2D eigenvalue weighted by atomic mass is 16.1. The zero-order valence-electron chi connectivity index (χ0n) is 15.3. The van der Waals surface area contributed by atoms with Crippen molar-refractivity contribution in [2.75, 3.05) is 19.6 Å². The zero-order chi connectivity index (χ0) is 17.6. The summed E-state index contributed by atoms with van der Waals surface area (Å²) in [5.41, 5.74) is 3.05. The lowest BCUT2D eigenvalue weighted by atomic mass is 9.82. The first-order valence-electron chi connectivity index (χ1n) is 9.26. The van der Waals surface area contributed by atoms with E-state index >= 15 is 0 Å². The van der Waals surface area contributed by atoms with Crippen LogP contribution < -0.4 is 5.56 Å². The molecule has 132 valence electrons. The van der Waals surface area contributed by atoms with Crippen LogP contribution in [0.5, 0.6) is 0 Å². The highest BCUT2D eigenvalue weighted by molar-refractivity contribution is 5.59. The third kappa shape index (κ3) is 3.25. The van der Waals surface area contributed by atoms with Crippen molar-refractivity contribution >= 4 is 0 Å². The van der Waals surface area contributed by atoms with Crippen molar-refractivity contribution in [3.63, 3.8) is 0 Å². The third-order valence-electron chi connectivity index (χ3n) is 5.33. The fourth-order valence-electron chi connectivity index (χ4n) is 4.49. The molecule has 5 nitrogen and oxygen atoms in total. The predicted molar refractivity (Wildman–Crippen MR) is 98.6 cm³/mol. The fraction of sp³-hybridized carbons (Fsp3) is 0.550. The minimum Gasteiger partial charge on any atom is -0.312 e. The molecule has 1 saturated heterocycles. The van der Waals surface area contributed by atoms with Crippen LogP contribution in [0, 0.1) is 18.8 Å². The largest absolute Gasteiger partial charge is 0.312 e. The molecule has 0 saturated carbocycles. The molecule has 2 atom stereocenters. The van der Waals surface area contributed by atoms with Crippen molar-refractivity contribution in [1.82, 2.24) is 19.4 Å². The van der Waals surface area contributed by atoms with E-state index in [0.29, 0.717) is 17.8 Å². The number of fused-ring (bicyclic) bond motifs is 4. The monoisotopic (exact) mass is 338 g/mol. The summed E-state index contributed by atoms with van der Waals surface area (Å²) in [5, 5.41) is 0. The molecule has 2 aromatic heterocycles. The number of aryl methyl sites for hydroxylation is 1. The molecule has 2 bridgehead atoms. The van der Waals surface area contributed by atoms with E-state index in [2.05, 4.69) is 34.8 Å². The molecule has 5 heteroatoms. The lowest BCUT2D eigenvalue weighted by Gasteiger charge is -2.43. The molecule has 2 aromatic rings. The lowest BCUT2D eigenvalue weighted by molar-refractivity contribution is 0.109. The molecule has 0 aliphatic carbocycles. The van der Waals surface area contributed by atoms with Gasteiger partial charge in [0.05, 0.1) is 5.69 Å². The van der Waals surface area contributed by atoms with E-state index in [0.717, 1.165) is 43.3 Å². The average Bonchev–Trinajstić information content (AvgIpc) is 2.55. The number of pyridine rings is 1. The Labute approximate surface area is 148 Å². The minimum absolute atomic E-state index is 0.107. The molecule has 0 N–H and O–H groups in total. The zero-order valence-corrected chi connectivity index (χ0v) is 15.3. The Morgan fingerprint density at radius 1 is 1.24 bits per heavy atom. The van der Waals surface area contributed by atoms with Crippen LogP contribution in [-0.4, -0.2) is 39.1 Å². The molecule has 0 amide bonds. The summed E-state index contributed by atoms with van der Waals surface area (Å²) in [6.07, 6.45) is 2.95. The van der Waals surface area contributed by atoms with Gasteiger partial charge in [0.25, 0.3) is 5.56 Å². The molecule has 4 heterocycles. The van der Waals surface area contributed by atoms with Gasteiger partial charge in [0, 0.05) is 55.6 Å². The highest BCUT2D eigenvalue weighted by Gasteiger charge is 2.34. The summed E-state index contributed by atoms with van der Waals surface area (Å²) < 4.78 is 2.00. The molecule has 2 aliphatic heterocycles. The SMILES string of the molecule is Cc1nccc(-c2cc3n(c(=O)c2)C[C@H]2C[C@@H]3CN(CC(C)C)C2)n1. The van der Waals surface area contributed by atoms with Crippen molar-refractivity contribution in [2.24, 2.45) is 11.8 Å². The predicted octanol–water partition coefficient (Wildman–Crippen LogP) is 2.69. The molecule has 4 rings (SSSR count). The van der Waals surface area contributed by atoms with Gasteiger partial charge >= 0.3 is 0 Å². The van der Waals surface area contributed by atoms with E-state index in [9.17, 15) is 4.79 Å². The van der Waals surface area contributed by atoms with E-state index in [1.54, 1.807) is 12.3 Å². The Balaban J connectivity index is 1.72. The molecular formula is C20H26N4O. The second kappa shape index (κ2) is 6.37. The first kappa shape index (κ1) is 16.5. The van der Waals surface area contributed by atoms with E-state index < -0.39 is 0 Å². The van der Waals surface area contributed by atoms with Crippen LogP contribution in [0.4, 0.5) is 0 Å². The Kier molecular flexibility index (Phi) is 4.20. The van der Waals surface area contributed by atoms with Crippen LogP contribution >= 0.6 is 0 Å². The highest BCUT2D eigenvalue weighted by Crippen LogP contribution is 2.36. The summed E-state index contributed by atoms with van der Waals surface area (Å²) in [4.78, 5) is 24.0. The van der Waals surface area contributed by atoms with E-state index in [1.807, 2.05) is 17.6 Å². The number of rotatable bonds is 3. The van der Waals surface area contributed by atoms with Crippen LogP contribution in [0.3, 0.4) is 0 Å². The van der Waals surface area contributed by atoms with Crippen LogP contribution in [0.1, 0.15) is 37.7 Å². The molecule has 0 radical (unpaired) electrons. The molecular weight excluding hydrogens is 312 g/mol. The Hall–Kier alpha value is -2.01. The Morgan fingerprint density at radius 3 is 2.84 bits per heavy atom. The molecule has 1 fully saturated rings. The number of hydrogen-bond acceptors (Lipinski definition) is 4. The number of piperidine rings is 1. The standard InChI is InChI=1S/C20H26N4O/c1-13(2)9-23-10-15-6-17(12-23)19-7-16(8-20(25)24(19)11-15)18-4-5-21-14(3)22-18/h4-5,7-8,13,15,17H,6,9-12H2,1-3H3/t15-,17+/m0/s1. The van der Waals surface area contributed by atoms with Crippen molar-refractivity contribution in [3.05, 3.63) is 46.3 Å². The van der Waals surface area contributed by atoms with Crippen molar-refractivity contribution < 1.29 is 0 Å². The van der Waals surface area contributed by atoms with Crippen LogP contribution in [-0.2, 0) is 6.54 Å². The van der Waals surface area contributed by atoms with Gasteiger partial charge in [-0.1, -0.05) is 13.8 Å². The van der Waals surface area contributed by atoms with E-state index in [1.165, 1.54) is 12.1 Å². The van der Waals surface area contributed by atoms with Crippen molar-refractivity contribution in [1.29, 1.82) is 0 Å². The maximum absolute atomic E-state index is 12.7. The van der Waals surface area contributed by atoms with Gasteiger partial charge < -0.3 is 9.47 Å². The first-order valence-corrected chi connectivity index (χ1v) is 9.26. The minimum atomic E-state index is 0.107. The number of hydrogen-bond donors (Lipinski definition) is 0. The van der Waals surface area contributed by atoms with Crippen molar-refractivity contribution in [3.8, 4) is 11.3 Å². The smallest absolute Gasteiger partial charge is 0.251 e. The molecule has 25 heavy (non-hydrogen) atoms. The quantitative estimate of drug-likeness (QED) is 0.863. The maximum atomic E-state index is 12.7. The Bertz CT molecular complexity index is 842. The maximum Gasteiger partial charge on any atom is 0.251 e. The van der Waals surface area contributed by atoms with Gasteiger partial charge in [-0.05, 0) is 37.3 Å². The second-order valence-electron chi connectivity index (χ2n) is 8.02. The molecule has 0 spiro atoms. The van der Waals surface area contributed by atoms with Crippen molar-refractivity contribution in [2.45, 2.75) is 39.7 Å². The first-order chi connectivity index (χ1) is 12.0. The number of nitrogens with zero attached hydrogens (tertiary/aromatic N) is 4. The van der Waals surface area contributed by atoms with Crippen LogP contribution in [0.15, 0.2) is 29.2 Å². The van der Waals surface area contributed by atoms with Gasteiger partial charge in [-0.2, -0.15) is 0 Å². The number of likely N-dealkylation sites (tertiary alicyclic amines) is 1. The normalized spacial score (nSPS) is 22.9. The van der Waals surface area contributed by atoms with E-state index in [-0.39, 0.29) is 5.56 Å². The van der Waals surface area contributed by atoms with Gasteiger partial charge in [0.1, 0.15) is 5.82 Å². The summed E-state index contributed by atoms with van der Waals surface area (Å²) in [7, 11) is 0. The van der Waals surface area contributed by atoms with Gasteiger partial charge in [0.2, 0.25) is 0 Å². The van der Waals surface area contributed by atoms with Gasteiger partial charge in [0.15, 0.2) is 0 Å². The Morgan fingerprint density at radius 2 is 2.08 bits per heavy atom. The summed E-state index contributed by atoms with van der Waals surface area (Å²) in [5.74, 6) is 2.45. The van der Waals surface area contributed by atoms with Gasteiger partial charge in [-0.15, -0.1) is 0 Å². The summed E-state index contributed by atoms with van der Waals surface area (Å²) >= 11 is 0. The van der Waals surface area contributed by atoms with E-state index in [4.69, 9.17) is 0 Å². The molecule has 0 unspecified atom stereocenters. The van der Waals surface area contributed by atoms with Crippen LogP contribution in [0.25, 0.3) is 11.3 Å². The lowest BCUT2D eigenvalue weighted by Crippen LogP contribution is -2.48. The molecule has 2 aliphatic rings. The topological polar surface area (TPSA) is 51.0 Å². The second-order valence-corrected chi connectivity index (χ2v) is 8.02. The number of aromatic nitrogens is 3. The fourth-order valence-corrected chi connectivity index (χ4v) is 4.49. The van der Waals surface area contributed by atoms with Crippen LogP contribution in [0.2, 0.25) is 0 Å². The summed E-state index contributed by atoms with van der Waals surface area (Å²) in [6, 6.07) is 5.80. The molecule has 0 aromatic carbocycles. The summed E-state index contributed by atoms with van der Waals surface area (Å²) in [6.45, 7) is 10.6. The average molecular weight is 338 g/mol.